The van der Waals surface area contributed by atoms with Crippen LogP contribution in [0.3, 0.4) is 0 Å². The van der Waals surface area contributed by atoms with Gasteiger partial charge in [-0.3, -0.25) is 19.1 Å². The van der Waals surface area contributed by atoms with E-state index in [-0.39, 0.29) is 5.91 Å². The van der Waals surface area contributed by atoms with Gasteiger partial charge in [0.05, 0.1) is 0 Å². The summed E-state index contributed by atoms with van der Waals surface area (Å²) in [6.07, 6.45) is 5.39. The number of hydrogen-bond donors (Lipinski definition) is 0. The summed E-state index contributed by atoms with van der Waals surface area (Å²) < 4.78 is 3.47. The van der Waals surface area contributed by atoms with E-state index < -0.39 is 0 Å². The molecule has 1 aromatic carbocycles. The predicted molar refractivity (Wildman–Crippen MR) is 102 cm³/mol. The quantitative estimate of drug-likeness (QED) is 0.676. The molecule has 1 aliphatic heterocycles. The van der Waals surface area contributed by atoms with Gasteiger partial charge < -0.3 is 4.90 Å². The van der Waals surface area contributed by atoms with Gasteiger partial charge in [0.1, 0.15) is 12.4 Å². The Morgan fingerprint density at radius 2 is 1.81 bits per heavy atom. The summed E-state index contributed by atoms with van der Waals surface area (Å²) in [6.45, 7) is 4.33. The van der Waals surface area contributed by atoms with Gasteiger partial charge in [-0.2, -0.15) is 10.2 Å². The molecule has 4 rings (SSSR count). The molecule has 7 nitrogen and oxygen atoms in total. The molecule has 1 amide bonds. The number of amides is 1. The predicted octanol–water partition coefficient (Wildman–Crippen LogP) is 2.20. The molecule has 0 atom stereocenters. The van der Waals surface area contributed by atoms with Crippen molar-refractivity contribution in [2.24, 2.45) is 0 Å². The van der Waals surface area contributed by atoms with Gasteiger partial charge in [-0.05, 0) is 23.8 Å². The lowest BCUT2D eigenvalue weighted by Crippen LogP contribution is -2.48. The van der Waals surface area contributed by atoms with Crippen LogP contribution in [0.5, 0.6) is 0 Å². The minimum absolute atomic E-state index is 0.0217. The number of rotatable bonds is 5. The van der Waals surface area contributed by atoms with E-state index in [2.05, 4.69) is 15.1 Å². The second-order valence-corrected chi connectivity index (χ2v) is 6.99. The Morgan fingerprint density at radius 1 is 1.00 bits per heavy atom. The molecule has 0 unspecified atom stereocenters. The Bertz CT molecular complexity index is 899. The van der Waals surface area contributed by atoms with Crippen molar-refractivity contribution in [3.63, 3.8) is 0 Å². The average molecular weight is 385 g/mol. The molecule has 1 saturated heterocycles. The Labute approximate surface area is 162 Å². The van der Waals surface area contributed by atoms with Crippen LogP contribution in [0.1, 0.15) is 16.1 Å². The normalized spacial score (nSPS) is 15.2. The first-order valence-corrected chi connectivity index (χ1v) is 9.33. The number of piperazine rings is 1. The maximum atomic E-state index is 12.7. The average Bonchev–Trinajstić information content (AvgIpc) is 3.36. The molecule has 27 heavy (non-hydrogen) atoms. The van der Waals surface area contributed by atoms with Crippen molar-refractivity contribution in [2.75, 3.05) is 26.2 Å². The zero-order valence-corrected chi connectivity index (χ0v) is 15.7. The van der Waals surface area contributed by atoms with Gasteiger partial charge >= 0.3 is 0 Å². The van der Waals surface area contributed by atoms with Crippen LogP contribution in [0.25, 0.3) is 0 Å². The number of aromatic nitrogens is 4. The first kappa shape index (κ1) is 17.8. The molecule has 3 heterocycles. The lowest BCUT2D eigenvalue weighted by Gasteiger charge is -2.34. The van der Waals surface area contributed by atoms with Crippen molar-refractivity contribution in [3.05, 3.63) is 71.3 Å². The zero-order valence-electron chi connectivity index (χ0n) is 14.9. The van der Waals surface area contributed by atoms with Crippen molar-refractivity contribution >= 4 is 17.5 Å². The SMILES string of the molecule is O=C(c1ccn(Cn2cccn2)n1)N1CCN(Cc2ccccc2Cl)CC1. The molecule has 0 saturated carbocycles. The zero-order chi connectivity index (χ0) is 18.6. The lowest BCUT2D eigenvalue weighted by molar-refractivity contribution is 0.0621. The number of halogens is 1. The first-order valence-electron chi connectivity index (χ1n) is 8.95. The fourth-order valence-corrected chi connectivity index (χ4v) is 3.42. The third-order valence-electron chi connectivity index (χ3n) is 4.72. The molecule has 0 aliphatic carbocycles. The van der Waals surface area contributed by atoms with E-state index in [1.807, 2.05) is 47.6 Å². The molecule has 0 bridgehead atoms. The highest BCUT2D eigenvalue weighted by Gasteiger charge is 2.24. The van der Waals surface area contributed by atoms with Gasteiger partial charge in [-0.15, -0.1) is 0 Å². The second-order valence-electron chi connectivity index (χ2n) is 6.59. The number of carbonyl (C=O) groups excluding carboxylic acids is 1. The minimum atomic E-state index is -0.0217. The van der Waals surface area contributed by atoms with Crippen LogP contribution in [0.15, 0.2) is 55.0 Å². The van der Waals surface area contributed by atoms with Gasteiger partial charge in [-0.1, -0.05) is 29.8 Å². The summed E-state index contributed by atoms with van der Waals surface area (Å²) in [5.41, 5.74) is 1.60. The van der Waals surface area contributed by atoms with E-state index in [4.69, 9.17) is 11.6 Å². The molecular formula is C19H21ClN6O. The highest BCUT2D eigenvalue weighted by molar-refractivity contribution is 6.31. The van der Waals surface area contributed by atoms with E-state index in [0.717, 1.165) is 30.2 Å². The fourth-order valence-electron chi connectivity index (χ4n) is 3.23. The summed E-state index contributed by atoms with van der Waals surface area (Å²) >= 11 is 6.25. The lowest BCUT2D eigenvalue weighted by atomic mass is 10.2. The highest BCUT2D eigenvalue weighted by atomic mass is 35.5. The molecule has 0 N–H and O–H groups in total. The number of benzene rings is 1. The van der Waals surface area contributed by atoms with Crippen LogP contribution in [-0.2, 0) is 13.2 Å². The van der Waals surface area contributed by atoms with Gasteiger partial charge in [-0.25, -0.2) is 0 Å². The Morgan fingerprint density at radius 3 is 2.56 bits per heavy atom. The van der Waals surface area contributed by atoms with E-state index in [1.165, 1.54) is 0 Å². The summed E-state index contributed by atoms with van der Waals surface area (Å²) in [5.74, 6) is -0.0217. The van der Waals surface area contributed by atoms with Crippen LogP contribution in [0, 0.1) is 0 Å². The molecule has 140 valence electrons. The van der Waals surface area contributed by atoms with Gasteiger partial charge in [0.25, 0.3) is 5.91 Å². The van der Waals surface area contributed by atoms with Crippen LogP contribution < -0.4 is 0 Å². The summed E-state index contributed by atoms with van der Waals surface area (Å²) in [6, 6.07) is 11.5. The number of carbonyl (C=O) groups is 1. The van der Waals surface area contributed by atoms with Gasteiger partial charge in [0.2, 0.25) is 0 Å². The van der Waals surface area contributed by atoms with E-state index in [0.29, 0.717) is 25.5 Å². The summed E-state index contributed by atoms with van der Waals surface area (Å²) in [5, 5.41) is 9.33. The molecule has 1 aliphatic rings. The van der Waals surface area contributed by atoms with Crippen molar-refractivity contribution in [1.82, 2.24) is 29.4 Å². The van der Waals surface area contributed by atoms with E-state index in [1.54, 1.807) is 21.6 Å². The molecule has 0 radical (unpaired) electrons. The molecule has 2 aromatic heterocycles. The number of nitrogens with zero attached hydrogens (tertiary/aromatic N) is 6. The fraction of sp³-hybridized carbons (Fsp3) is 0.316. The third-order valence-corrected chi connectivity index (χ3v) is 5.09. The molecular weight excluding hydrogens is 364 g/mol. The van der Waals surface area contributed by atoms with Gasteiger partial charge in [0.15, 0.2) is 0 Å². The Kier molecular flexibility index (Phi) is 5.22. The summed E-state index contributed by atoms with van der Waals surface area (Å²) in [4.78, 5) is 16.9. The monoisotopic (exact) mass is 384 g/mol. The molecule has 1 fully saturated rings. The molecule has 3 aromatic rings. The smallest absolute Gasteiger partial charge is 0.274 e. The topological polar surface area (TPSA) is 59.2 Å². The number of hydrogen-bond acceptors (Lipinski definition) is 4. The van der Waals surface area contributed by atoms with Crippen LogP contribution in [-0.4, -0.2) is 61.4 Å². The van der Waals surface area contributed by atoms with Crippen molar-refractivity contribution in [3.8, 4) is 0 Å². The van der Waals surface area contributed by atoms with Crippen molar-refractivity contribution in [1.29, 1.82) is 0 Å². The van der Waals surface area contributed by atoms with Gasteiger partial charge in [0, 0.05) is 56.3 Å². The van der Waals surface area contributed by atoms with E-state index in [9.17, 15) is 4.79 Å². The van der Waals surface area contributed by atoms with E-state index >= 15 is 0 Å². The minimum Gasteiger partial charge on any atom is -0.335 e. The largest absolute Gasteiger partial charge is 0.335 e. The maximum Gasteiger partial charge on any atom is 0.274 e. The third kappa shape index (κ3) is 4.20. The maximum absolute atomic E-state index is 12.7. The van der Waals surface area contributed by atoms with Crippen molar-refractivity contribution < 1.29 is 4.79 Å². The second kappa shape index (κ2) is 7.94. The Balaban J connectivity index is 1.32. The Hall–Kier alpha value is -2.64. The van der Waals surface area contributed by atoms with Crippen LogP contribution in [0.2, 0.25) is 5.02 Å². The molecule has 8 heteroatoms. The van der Waals surface area contributed by atoms with Crippen molar-refractivity contribution in [2.45, 2.75) is 13.2 Å². The highest BCUT2D eigenvalue weighted by Crippen LogP contribution is 2.18. The van der Waals surface area contributed by atoms with Crippen LogP contribution >= 0.6 is 11.6 Å². The van der Waals surface area contributed by atoms with Crippen LogP contribution in [0.4, 0.5) is 0 Å². The first-order chi connectivity index (χ1) is 13.2. The standard InChI is InChI=1S/C19H21ClN6O/c20-17-5-2-1-4-16(17)14-23-10-12-24(13-11-23)19(27)18-6-9-26(22-18)15-25-8-3-7-21-25/h1-9H,10-15H2. The summed E-state index contributed by atoms with van der Waals surface area (Å²) in [7, 11) is 0. The molecule has 0 spiro atoms.